The fourth-order valence-corrected chi connectivity index (χ4v) is 2.22. The molecule has 1 atom stereocenters. The molecule has 0 amide bonds. The van der Waals surface area contributed by atoms with Crippen molar-refractivity contribution in [2.75, 3.05) is 6.61 Å². The number of halogens is 2. The molecule has 1 aromatic heterocycles. The standard InChI is InChI=1S/C12H12F2N2O/c13-8-5-10(14)9-7-15-16(11(9)6-8)12-3-1-2-4-17-12/h5-7,12H,1-4H2. The molecule has 2 heterocycles. The second-order valence-electron chi connectivity index (χ2n) is 4.23. The first-order valence-corrected chi connectivity index (χ1v) is 5.69. The maximum Gasteiger partial charge on any atom is 0.150 e. The van der Waals surface area contributed by atoms with Gasteiger partial charge in [-0.1, -0.05) is 0 Å². The lowest BCUT2D eigenvalue weighted by Gasteiger charge is -2.23. The summed E-state index contributed by atoms with van der Waals surface area (Å²) in [4.78, 5) is 0. The van der Waals surface area contributed by atoms with Crippen molar-refractivity contribution in [3.8, 4) is 0 Å². The van der Waals surface area contributed by atoms with E-state index in [4.69, 9.17) is 4.74 Å². The zero-order valence-electron chi connectivity index (χ0n) is 9.20. The minimum Gasteiger partial charge on any atom is -0.356 e. The second kappa shape index (κ2) is 4.07. The van der Waals surface area contributed by atoms with E-state index in [-0.39, 0.29) is 6.23 Å². The van der Waals surface area contributed by atoms with Crippen LogP contribution in [0, 0.1) is 11.6 Å². The van der Waals surface area contributed by atoms with Gasteiger partial charge in [-0.05, 0) is 19.3 Å². The monoisotopic (exact) mass is 238 g/mol. The molecular formula is C12H12F2N2O. The minimum atomic E-state index is -0.590. The van der Waals surface area contributed by atoms with E-state index in [0.29, 0.717) is 17.5 Å². The van der Waals surface area contributed by atoms with E-state index < -0.39 is 11.6 Å². The number of ether oxygens (including phenoxy) is 1. The first kappa shape index (κ1) is 10.7. The highest BCUT2D eigenvalue weighted by molar-refractivity contribution is 5.79. The van der Waals surface area contributed by atoms with Gasteiger partial charge in [0.2, 0.25) is 0 Å². The normalized spacial score (nSPS) is 20.9. The fraction of sp³-hybridized carbons (Fsp3) is 0.417. The maximum atomic E-state index is 13.5. The lowest BCUT2D eigenvalue weighted by atomic mass is 10.2. The number of hydrogen-bond donors (Lipinski definition) is 0. The number of fused-ring (bicyclic) bond motifs is 1. The Labute approximate surface area is 97.0 Å². The molecule has 1 aliphatic heterocycles. The van der Waals surface area contributed by atoms with Crippen LogP contribution in [0.2, 0.25) is 0 Å². The summed E-state index contributed by atoms with van der Waals surface area (Å²) in [6.45, 7) is 0.670. The zero-order valence-corrected chi connectivity index (χ0v) is 9.20. The molecule has 2 aromatic rings. The largest absolute Gasteiger partial charge is 0.356 e. The summed E-state index contributed by atoms with van der Waals surface area (Å²) in [5, 5.41) is 4.44. The Kier molecular flexibility index (Phi) is 2.55. The van der Waals surface area contributed by atoms with Crippen LogP contribution in [-0.4, -0.2) is 16.4 Å². The molecule has 90 valence electrons. The van der Waals surface area contributed by atoms with Gasteiger partial charge >= 0.3 is 0 Å². The van der Waals surface area contributed by atoms with Gasteiger partial charge in [-0.3, -0.25) is 0 Å². The third kappa shape index (κ3) is 1.80. The van der Waals surface area contributed by atoms with Crippen molar-refractivity contribution in [2.24, 2.45) is 0 Å². The molecule has 3 rings (SSSR count). The number of nitrogens with zero attached hydrogens (tertiary/aromatic N) is 2. The van der Waals surface area contributed by atoms with Gasteiger partial charge in [0.05, 0.1) is 17.1 Å². The van der Waals surface area contributed by atoms with Crippen LogP contribution in [0.5, 0.6) is 0 Å². The van der Waals surface area contributed by atoms with Crippen LogP contribution in [0.3, 0.4) is 0 Å². The SMILES string of the molecule is Fc1cc(F)c2cnn(C3CCCCO3)c2c1. The maximum absolute atomic E-state index is 13.5. The molecule has 0 radical (unpaired) electrons. The van der Waals surface area contributed by atoms with Crippen molar-refractivity contribution in [1.82, 2.24) is 9.78 Å². The topological polar surface area (TPSA) is 27.1 Å². The molecular weight excluding hydrogens is 226 g/mol. The number of rotatable bonds is 1. The number of hydrogen-bond acceptors (Lipinski definition) is 2. The van der Waals surface area contributed by atoms with Gasteiger partial charge < -0.3 is 4.74 Å². The quantitative estimate of drug-likeness (QED) is 0.763. The van der Waals surface area contributed by atoms with E-state index in [2.05, 4.69) is 5.10 Å². The molecule has 1 aromatic carbocycles. The van der Waals surface area contributed by atoms with Gasteiger partial charge in [-0.25, -0.2) is 13.5 Å². The zero-order chi connectivity index (χ0) is 11.8. The van der Waals surface area contributed by atoms with Crippen LogP contribution in [0.15, 0.2) is 18.3 Å². The highest BCUT2D eigenvalue weighted by atomic mass is 19.1. The summed E-state index contributed by atoms with van der Waals surface area (Å²) in [7, 11) is 0. The molecule has 0 bridgehead atoms. The summed E-state index contributed by atoms with van der Waals surface area (Å²) < 4.78 is 33.8. The van der Waals surface area contributed by atoms with Crippen LogP contribution in [-0.2, 0) is 4.74 Å². The van der Waals surface area contributed by atoms with Crippen molar-refractivity contribution in [2.45, 2.75) is 25.5 Å². The number of aromatic nitrogens is 2. The van der Waals surface area contributed by atoms with Crippen LogP contribution >= 0.6 is 0 Å². The highest BCUT2D eigenvalue weighted by Crippen LogP contribution is 2.27. The average Bonchev–Trinajstić information content (AvgIpc) is 2.74. The molecule has 1 aliphatic rings. The second-order valence-corrected chi connectivity index (χ2v) is 4.23. The summed E-state index contributed by atoms with van der Waals surface area (Å²) in [6.07, 6.45) is 4.11. The smallest absolute Gasteiger partial charge is 0.150 e. The molecule has 0 saturated carbocycles. The van der Waals surface area contributed by atoms with Crippen LogP contribution in [0.4, 0.5) is 8.78 Å². The Hall–Kier alpha value is -1.49. The summed E-state index contributed by atoms with van der Waals surface area (Å²) in [5.74, 6) is -1.17. The van der Waals surface area contributed by atoms with Crippen LogP contribution in [0.25, 0.3) is 10.9 Å². The lowest BCUT2D eigenvalue weighted by Crippen LogP contribution is -2.19. The molecule has 0 N–H and O–H groups in total. The predicted molar refractivity (Wildman–Crippen MR) is 58.5 cm³/mol. The van der Waals surface area contributed by atoms with Crippen molar-refractivity contribution >= 4 is 10.9 Å². The van der Waals surface area contributed by atoms with E-state index in [1.54, 1.807) is 4.68 Å². The van der Waals surface area contributed by atoms with E-state index in [1.165, 1.54) is 12.3 Å². The van der Waals surface area contributed by atoms with E-state index in [1.807, 2.05) is 0 Å². The third-order valence-corrected chi connectivity index (χ3v) is 3.06. The number of benzene rings is 1. The Morgan fingerprint density at radius 2 is 2.18 bits per heavy atom. The highest BCUT2D eigenvalue weighted by Gasteiger charge is 2.19. The summed E-state index contributed by atoms with van der Waals surface area (Å²) in [6, 6.07) is 2.17. The Balaban J connectivity index is 2.10. The van der Waals surface area contributed by atoms with Gasteiger partial charge in [0.25, 0.3) is 0 Å². The molecule has 1 fully saturated rings. The molecule has 1 unspecified atom stereocenters. The minimum absolute atomic E-state index is 0.206. The van der Waals surface area contributed by atoms with Gasteiger partial charge in [0.15, 0.2) is 6.23 Å². The molecule has 0 aliphatic carbocycles. The Bertz CT molecular complexity index is 547. The van der Waals surface area contributed by atoms with Gasteiger partial charge in [-0.15, -0.1) is 0 Å². The third-order valence-electron chi connectivity index (χ3n) is 3.06. The summed E-state index contributed by atoms with van der Waals surface area (Å²) in [5.41, 5.74) is 0.453. The first-order valence-electron chi connectivity index (χ1n) is 5.69. The first-order chi connectivity index (χ1) is 8.25. The van der Waals surface area contributed by atoms with Gasteiger partial charge in [0, 0.05) is 18.7 Å². The molecule has 0 spiro atoms. The van der Waals surface area contributed by atoms with Crippen molar-refractivity contribution in [1.29, 1.82) is 0 Å². The molecule has 17 heavy (non-hydrogen) atoms. The Morgan fingerprint density at radius 1 is 1.29 bits per heavy atom. The average molecular weight is 238 g/mol. The van der Waals surface area contributed by atoms with E-state index in [0.717, 1.165) is 25.3 Å². The molecule has 5 heteroatoms. The van der Waals surface area contributed by atoms with Gasteiger partial charge in [-0.2, -0.15) is 5.10 Å². The Morgan fingerprint density at radius 3 is 2.94 bits per heavy atom. The van der Waals surface area contributed by atoms with Crippen molar-refractivity contribution in [3.05, 3.63) is 30.0 Å². The van der Waals surface area contributed by atoms with Crippen LogP contribution < -0.4 is 0 Å². The van der Waals surface area contributed by atoms with Gasteiger partial charge in [0.1, 0.15) is 11.6 Å². The van der Waals surface area contributed by atoms with E-state index >= 15 is 0 Å². The summed E-state index contributed by atoms with van der Waals surface area (Å²) >= 11 is 0. The van der Waals surface area contributed by atoms with E-state index in [9.17, 15) is 8.78 Å². The molecule has 3 nitrogen and oxygen atoms in total. The van der Waals surface area contributed by atoms with Crippen molar-refractivity contribution in [3.63, 3.8) is 0 Å². The fourth-order valence-electron chi connectivity index (χ4n) is 2.22. The van der Waals surface area contributed by atoms with Crippen LogP contribution in [0.1, 0.15) is 25.5 Å². The lowest BCUT2D eigenvalue weighted by molar-refractivity contribution is -0.0366. The predicted octanol–water partition coefficient (Wildman–Crippen LogP) is 3.01. The van der Waals surface area contributed by atoms with Crippen molar-refractivity contribution < 1.29 is 13.5 Å². The molecule has 1 saturated heterocycles.